The number of benzene rings is 1. The Hall–Kier alpha value is -2.02. The Morgan fingerprint density at radius 3 is 2.60 bits per heavy atom. The number of nitrogens with one attached hydrogen (secondary N) is 1. The van der Waals surface area contributed by atoms with Gasteiger partial charge in [-0.25, -0.2) is 13.6 Å². The largest absolute Gasteiger partial charge is 0.385 e. The average molecular weight is 284 g/mol. The topological polar surface area (TPSA) is 69.6 Å². The number of carbonyl (C=O) groups excluding carboxylic acids is 2. The molecule has 1 heterocycles. The Labute approximate surface area is 114 Å². The van der Waals surface area contributed by atoms with E-state index in [1.54, 1.807) is 30.3 Å². The van der Waals surface area contributed by atoms with Crippen LogP contribution in [-0.4, -0.2) is 47.4 Å². The number of ketones is 1. The number of urea groups is 1. The molecule has 0 aromatic heterocycles. The van der Waals surface area contributed by atoms with Gasteiger partial charge in [0.05, 0.1) is 12.5 Å². The van der Waals surface area contributed by atoms with Gasteiger partial charge in [0.25, 0.3) is 0 Å². The van der Waals surface area contributed by atoms with Gasteiger partial charge in [0.15, 0.2) is 5.78 Å². The molecule has 2 amide bonds. The van der Waals surface area contributed by atoms with Crippen molar-refractivity contribution in [3.8, 4) is 0 Å². The van der Waals surface area contributed by atoms with E-state index in [2.05, 4.69) is 5.32 Å². The summed E-state index contributed by atoms with van der Waals surface area (Å²) >= 11 is 0. The van der Waals surface area contributed by atoms with Gasteiger partial charge < -0.3 is 15.3 Å². The van der Waals surface area contributed by atoms with E-state index >= 15 is 0 Å². The lowest BCUT2D eigenvalue weighted by Crippen LogP contribution is -2.54. The van der Waals surface area contributed by atoms with Crippen LogP contribution < -0.4 is 5.32 Å². The third kappa shape index (κ3) is 3.11. The van der Waals surface area contributed by atoms with Gasteiger partial charge in [-0.3, -0.25) is 4.79 Å². The summed E-state index contributed by atoms with van der Waals surface area (Å²) < 4.78 is 25.5. The number of nitrogens with zero attached hydrogens (tertiary/aromatic N) is 1. The first-order chi connectivity index (χ1) is 9.49. The minimum absolute atomic E-state index is 0.358. The van der Waals surface area contributed by atoms with Gasteiger partial charge in [0.2, 0.25) is 6.43 Å². The lowest BCUT2D eigenvalue weighted by Gasteiger charge is -2.34. The number of hydrogen-bond donors (Lipinski definition) is 2. The fraction of sp³-hybridized carbons (Fsp3) is 0.385. The van der Waals surface area contributed by atoms with Crippen molar-refractivity contribution >= 4 is 17.5 Å². The number of rotatable bonds is 2. The summed E-state index contributed by atoms with van der Waals surface area (Å²) in [6.07, 6.45) is -4.57. The minimum Gasteiger partial charge on any atom is -0.385 e. The number of halogens is 2. The first kappa shape index (κ1) is 14.4. The van der Waals surface area contributed by atoms with Crippen LogP contribution >= 0.6 is 0 Å². The predicted molar refractivity (Wildman–Crippen MR) is 67.5 cm³/mol. The molecule has 20 heavy (non-hydrogen) atoms. The van der Waals surface area contributed by atoms with Gasteiger partial charge in [0, 0.05) is 12.2 Å². The lowest BCUT2D eigenvalue weighted by molar-refractivity contribution is -0.140. The summed E-state index contributed by atoms with van der Waals surface area (Å²) in [6, 6.07) is 7.84. The zero-order valence-electron chi connectivity index (χ0n) is 10.5. The van der Waals surface area contributed by atoms with E-state index < -0.39 is 30.3 Å². The van der Waals surface area contributed by atoms with E-state index in [1.165, 1.54) is 0 Å². The highest BCUT2D eigenvalue weighted by molar-refractivity contribution is 5.95. The number of piperidine rings is 1. The molecule has 2 N–H and O–H groups in total. The van der Waals surface area contributed by atoms with Crippen LogP contribution in [0.5, 0.6) is 0 Å². The molecular weight excluding hydrogens is 270 g/mol. The highest BCUT2D eigenvalue weighted by atomic mass is 19.3. The molecule has 0 radical (unpaired) electrons. The molecule has 1 aromatic rings. The summed E-state index contributed by atoms with van der Waals surface area (Å²) in [4.78, 5) is 24.4. The molecule has 0 bridgehead atoms. The Bertz CT molecular complexity index is 496. The van der Waals surface area contributed by atoms with Crippen molar-refractivity contribution in [1.29, 1.82) is 0 Å². The van der Waals surface area contributed by atoms with Crippen LogP contribution in [0.3, 0.4) is 0 Å². The Morgan fingerprint density at radius 1 is 1.35 bits per heavy atom. The van der Waals surface area contributed by atoms with Crippen LogP contribution in [0, 0.1) is 5.92 Å². The standard InChI is InChI=1S/C13H14F2N2O3/c14-12(15)9-6-17(7-10(18)11(9)19)13(20)16-8-4-2-1-3-5-8/h1-5,9,11-12,19H,6-7H2,(H,16,20)/t9-,11+/m0/s1. The summed E-state index contributed by atoms with van der Waals surface area (Å²) in [5.41, 5.74) is 0.504. The Morgan fingerprint density at radius 2 is 2.00 bits per heavy atom. The quantitative estimate of drug-likeness (QED) is 0.861. The maximum Gasteiger partial charge on any atom is 0.322 e. The third-order valence-corrected chi connectivity index (χ3v) is 3.15. The summed E-state index contributed by atoms with van der Waals surface area (Å²) in [5, 5.41) is 11.9. The molecule has 0 saturated carbocycles. The van der Waals surface area contributed by atoms with Crippen LogP contribution in [-0.2, 0) is 4.79 Å². The molecule has 1 aliphatic rings. The molecule has 2 rings (SSSR count). The molecule has 0 unspecified atom stereocenters. The number of hydrogen-bond acceptors (Lipinski definition) is 3. The van der Waals surface area contributed by atoms with Gasteiger partial charge in [-0.05, 0) is 12.1 Å². The summed E-state index contributed by atoms with van der Waals surface area (Å²) in [7, 11) is 0. The van der Waals surface area contributed by atoms with Crippen molar-refractivity contribution in [2.45, 2.75) is 12.5 Å². The number of aliphatic hydroxyl groups excluding tert-OH is 1. The van der Waals surface area contributed by atoms with Crippen molar-refractivity contribution < 1.29 is 23.5 Å². The Balaban J connectivity index is 2.05. The van der Waals surface area contributed by atoms with E-state index in [0.29, 0.717) is 5.69 Å². The lowest BCUT2D eigenvalue weighted by atomic mass is 9.94. The molecule has 1 saturated heterocycles. The van der Waals surface area contributed by atoms with Crippen LogP contribution in [0.4, 0.5) is 19.3 Å². The second-order valence-electron chi connectivity index (χ2n) is 4.59. The van der Waals surface area contributed by atoms with Gasteiger partial charge in [-0.2, -0.15) is 0 Å². The molecule has 7 heteroatoms. The maximum absolute atomic E-state index is 12.7. The fourth-order valence-electron chi connectivity index (χ4n) is 2.04. The van der Waals surface area contributed by atoms with Crippen molar-refractivity contribution in [2.75, 3.05) is 18.4 Å². The van der Waals surface area contributed by atoms with Crippen molar-refractivity contribution in [3.05, 3.63) is 30.3 Å². The summed E-state index contributed by atoms with van der Waals surface area (Å²) in [6.45, 7) is -0.730. The number of carbonyl (C=O) groups is 2. The number of likely N-dealkylation sites (tertiary alicyclic amines) is 1. The fourth-order valence-corrected chi connectivity index (χ4v) is 2.04. The molecule has 1 fully saturated rings. The minimum atomic E-state index is -2.86. The van der Waals surface area contributed by atoms with Gasteiger partial charge in [-0.15, -0.1) is 0 Å². The second kappa shape index (κ2) is 5.96. The highest BCUT2D eigenvalue weighted by Crippen LogP contribution is 2.22. The number of aliphatic hydroxyl groups is 1. The molecule has 1 aliphatic heterocycles. The zero-order chi connectivity index (χ0) is 14.7. The highest BCUT2D eigenvalue weighted by Gasteiger charge is 2.41. The normalized spacial score (nSPS) is 23.0. The molecular formula is C13H14F2N2O3. The molecule has 2 atom stereocenters. The van der Waals surface area contributed by atoms with Crippen molar-refractivity contribution in [2.24, 2.45) is 5.92 Å². The van der Waals surface area contributed by atoms with Gasteiger partial charge >= 0.3 is 6.03 Å². The first-order valence-electron chi connectivity index (χ1n) is 6.09. The molecule has 0 spiro atoms. The monoisotopic (exact) mass is 284 g/mol. The van der Waals surface area contributed by atoms with Gasteiger partial charge in [0.1, 0.15) is 6.10 Å². The predicted octanol–water partition coefficient (Wildman–Crippen LogP) is 1.35. The number of amides is 2. The number of alkyl halides is 2. The van der Waals surface area contributed by atoms with E-state index in [1.807, 2.05) is 0 Å². The van der Waals surface area contributed by atoms with E-state index in [4.69, 9.17) is 0 Å². The second-order valence-corrected chi connectivity index (χ2v) is 4.59. The van der Waals surface area contributed by atoms with Crippen LogP contribution in [0.25, 0.3) is 0 Å². The molecule has 1 aromatic carbocycles. The van der Waals surface area contributed by atoms with E-state index in [9.17, 15) is 23.5 Å². The smallest absolute Gasteiger partial charge is 0.322 e. The summed E-state index contributed by atoms with van der Waals surface area (Å²) in [5.74, 6) is -2.32. The zero-order valence-corrected chi connectivity index (χ0v) is 10.5. The molecule has 108 valence electrons. The van der Waals surface area contributed by atoms with Crippen molar-refractivity contribution in [3.63, 3.8) is 0 Å². The average Bonchev–Trinajstić information content (AvgIpc) is 2.42. The Kier molecular flexibility index (Phi) is 4.29. The maximum atomic E-state index is 12.7. The number of Topliss-reactive ketones (excluding diaryl/α,β-unsaturated/α-hetero) is 1. The van der Waals surface area contributed by atoms with Gasteiger partial charge in [-0.1, -0.05) is 18.2 Å². The van der Waals surface area contributed by atoms with Crippen LogP contribution in [0.15, 0.2) is 30.3 Å². The first-order valence-corrected chi connectivity index (χ1v) is 6.09. The van der Waals surface area contributed by atoms with E-state index in [0.717, 1.165) is 4.90 Å². The SMILES string of the molecule is O=C1CN(C(=O)Nc2ccccc2)C[C@H](C(F)F)[C@H]1O. The van der Waals surface area contributed by atoms with Crippen LogP contribution in [0.2, 0.25) is 0 Å². The molecule has 0 aliphatic carbocycles. The number of para-hydroxylation sites is 1. The van der Waals surface area contributed by atoms with Crippen molar-refractivity contribution in [1.82, 2.24) is 4.90 Å². The number of anilines is 1. The third-order valence-electron chi connectivity index (χ3n) is 3.15. The molecule has 5 nitrogen and oxygen atoms in total. The van der Waals surface area contributed by atoms with E-state index in [-0.39, 0.29) is 13.1 Å². The van der Waals surface area contributed by atoms with Crippen LogP contribution in [0.1, 0.15) is 0 Å².